The number of urea groups is 1. The van der Waals surface area contributed by atoms with Crippen LogP contribution in [0.2, 0.25) is 0 Å². The second-order valence-corrected chi connectivity index (χ2v) is 8.69. The summed E-state index contributed by atoms with van der Waals surface area (Å²) in [4.78, 5) is 40.2. The van der Waals surface area contributed by atoms with Gasteiger partial charge in [-0.2, -0.15) is 0 Å². The number of imide groups is 1. The number of carbonyl (C=O) groups is 3. The van der Waals surface area contributed by atoms with Crippen molar-refractivity contribution < 1.29 is 28.6 Å². The minimum Gasteiger partial charge on any atom is -0.486 e. The molecule has 0 spiro atoms. The third-order valence-corrected chi connectivity index (χ3v) is 6.33. The van der Waals surface area contributed by atoms with Crippen molar-refractivity contribution in [1.82, 2.24) is 14.8 Å². The van der Waals surface area contributed by atoms with Crippen LogP contribution in [0.25, 0.3) is 0 Å². The fourth-order valence-electron chi connectivity index (χ4n) is 4.67. The quantitative estimate of drug-likeness (QED) is 0.509. The van der Waals surface area contributed by atoms with Crippen molar-refractivity contribution in [1.29, 1.82) is 0 Å². The third-order valence-electron chi connectivity index (χ3n) is 6.33. The maximum Gasteiger partial charge on any atom is 0.325 e. The van der Waals surface area contributed by atoms with Gasteiger partial charge in [-0.25, -0.2) is 4.79 Å². The Balaban J connectivity index is 1.57. The molecule has 1 aromatic heterocycles. The minimum atomic E-state index is -1.31. The fourth-order valence-corrected chi connectivity index (χ4v) is 4.67. The number of carbonyl (C=O) groups excluding carboxylic acids is 3. The van der Waals surface area contributed by atoms with Gasteiger partial charge in [0.05, 0.1) is 19.2 Å². The number of rotatable bonds is 7. The van der Waals surface area contributed by atoms with Crippen LogP contribution < -0.4 is 14.8 Å². The Kier molecular flexibility index (Phi) is 5.92. The van der Waals surface area contributed by atoms with Crippen LogP contribution in [0.15, 0.2) is 24.3 Å². The predicted octanol–water partition coefficient (Wildman–Crippen LogP) is 2.73. The Morgan fingerprint density at radius 1 is 1.18 bits per heavy atom. The van der Waals surface area contributed by atoms with Gasteiger partial charge in [0.15, 0.2) is 17.3 Å². The molecule has 176 valence electrons. The minimum absolute atomic E-state index is 0.0479. The summed E-state index contributed by atoms with van der Waals surface area (Å²) in [6.07, 6.45) is 0. The molecule has 0 radical (unpaired) electrons. The van der Waals surface area contributed by atoms with E-state index < -0.39 is 17.5 Å². The molecule has 33 heavy (non-hydrogen) atoms. The van der Waals surface area contributed by atoms with Crippen LogP contribution in [0.3, 0.4) is 0 Å². The first-order chi connectivity index (χ1) is 15.7. The van der Waals surface area contributed by atoms with Crippen LogP contribution in [0.4, 0.5) is 4.79 Å². The average molecular weight is 456 g/mol. The molecule has 1 aromatic carbocycles. The van der Waals surface area contributed by atoms with Crippen LogP contribution in [-0.2, 0) is 15.1 Å². The van der Waals surface area contributed by atoms with Crippen LogP contribution >= 0.6 is 0 Å². The lowest BCUT2D eigenvalue weighted by molar-refractivity contribution is -0.130. The number of methoxy groups -OCH3 is 1. The number of ether oxygens (including phenoxy) is 3. The van der Waals surface area contributed by atoms with E-state index in [0.29, 0.717) is 42.4 Å². The number of fused-ring (bicyclic) bond motifs is 1. The molecule has 9 nitrogen and oxygen atoms in total. The lowest BCUT2D eigenvalue weighted by Crippen LogP contribution is -2.41. The molecule has 2 aliphatic rings. The van der Waals surface area contributed by atoms with Gasteiger partial charge in [0, 0.05) is 24.1 Å². The maximum atomic E-state index is 13.3. The molecule has 4 rings (SSSR count). The van der Waals surface area contributed by atoms with Gasteiger partial charge >= 0.3 is 6.03 Å². The molecule has 0 saturated carbocycles. The first kappa shape index (κ1) is 22.8. The number of benzene rings is 1. The van der Waals surface area contributed by atoms with Crippen LogP contribution in [0.1, 0.15) is 47.2 Å². The monoisotopic (exact) mass is 455 g/mol. The standard InChI is InChI=1S/C24H29N3O6/c1-14-10-18(16(3)27(14)15(2)13-31-5)19(28)12-26-22(29)24(4,25-23(26)30)17-6-7-20-21(11-17)33-9-8-32-20/h6-7,10-11,15H,8-9,12-13H2,1-5H3,(H,25,30)/t15-,24-/m1/s1. The number of aromatic nitrogens is 1. The number of amides is 3. The zero-order chi connectivity index (χ0) is 23.9. The van der Waals surface area contributed by atoms with E-state index in [1.165, 1.54) is 0 Å². The third kappa shape index (κ3) is 3.86. The van der Waals surface area contributed by atoms with Crippen LogP contribution in [-0.4, -0.2) is 60.7 Å². The first-order valence-corrected chi connectivity index (χ1v) is 10.9. The van der Waals surface area contributed by atoms with Gasteiger partial charge in [0.2, 0.25) is 0 Å². The summed E-state index contributed by atoms with van der Waals surface area (Å²) in [7, 11) is 1.63. The number of Topliss-reactive ketones (excluding diaryl/α,β-unsaturated/α-hetero) is 1. The fraction of sp³-hybridized carbons (Fsp3) is 0.458. The molecule has 2 atom stereocenters. The van der Waals surface area contributed by atoms with E-state index in [1.54, 1.807) is 38.3 Å². The van der Waals surface area contributed by atoms with Crippen LogP contribution in [0, 0.1) is 13.8 Å². The van der Waals surface area contributed by atoms with E-state index in [-0.39, 0.29) is 18.4 Å². The van der Waals surface area contributed by atoms with Crippen molar-refractivity contribution in [2.45, 2.75) is 39.3 Å². The highest BCUT2D eigenvalue weighted by atomic mass is 16.6. The molecule has 3 amide bonds. The van der Waals surface area contributed by atoms with Gasteiger partial charge in [-0.1, -0.05) is 6.07 Å². The van der Waals surface area contributed by atoms with Gasteiger partial charge in [-0.05, 0) is 51.5 Å². The summed E-state index contributed by atoms with van der Waals surface area (Å²) in [6, 6.07) is 6.38. The van der Waals surface area contributed by atoms with Gasteiger partial charge in [0.1, 0.15) is 18.8 Å². The highest BCUT2D eigenvalue weighted by molar-refractivity contribution is 6.11. The largest absolute Gasteiger partial charge is 0.486 e. The van der Waals surface area contributed by atoms with E-state index in [2.05, 4.69) is 5.32 Å². The number of nitrogens with zero attached hydrogens (tertiary/aromatic N) is 2. The summed E-state index contributed by atoms with van der Waals surface area (Å²) in [5.41, 5.74) is 1.44. The Morgan fingerprint density at radius 2 is 1.88 bits per heavy atom. The number of ketones is 1. The van der Waals surface area contributed by atoms with Crippen molar-refractivity contribution in [3.63, 3.8) is 0 Å². The second-order valence-electron chi connectivity index (χ2n) is 8.69. The number of nitrogens with one attached hydrogen (secondary N) is 1. The van der Waals surface area contributed by atoms with Crippen LogP contribution in [0.5, 0.6) is 11.5 Å². The summed E-state index contributed by atoms with van der Waals surface area (Å²) in [6.45, 7) is 8.45. The number of aryl methyl sites for hydroxylation is 1. The smallest absolute Gasteiger partial charge is 0.325 e. The molecule has 1 fully saturated rings. The molecule has 0 aliphatic carbocycles. The zero-order valence-electron chi connectivity index (χ0n) is 19.6. The lowest BCUT2D eigenvalue weighted by atomic mass is 9.91. The van der Waals surface area contributed by atoms with Gasteiger partial charge in [0.25, 0.3) is 5.91 Å². The molecular formula is C24H29N3O6. The topological polar surface area (TPSA) is 99.1 Å². The zero-order valence-corrected chi connectivity index (χ0v) is 19.6. The molecule has 1 N–H and O–H groups in total. The summed E-state index contributed by atoms with van der Waals surface area (Å²) in [5.74, 6) is 0.331. The van der Waals surface area contributed by atoms with E-state index >= 15 is 0 Å². The summed E-state index contributed by atoms with van der Waals surface area (Å²) < 4.78 is 18.4. The van der Waals surface area contributed by atoms with Gasteiger partial charge in [-0.15, -0.1) is 0 Å². The molecule has 2 aliphatic heterocycles. The number of hydrogen-bond acceptors (Lipinski definition) is 6. The van der Waals surface area contributed by atoms with E-state index in [0.717, 1.165) is 16.3 Å². The van der Waals surface area contributed by atoms with Crippen molar-refractivity contribution in [3.8, 4) is 11.5 Å². The van der Waals surface area contributed by atoms with Gasteiger partial charge in [-0.3, -0.25) is 14.5 Å². The van der Waals surface area contributed by atoms with Crippen molar-refractivity contribution in [2.24, 2.45) is 0 Å². The molecule has 0 bridgehead atoms. The normalized spacial score (nSPS) is 20.7. The Labute approximate surface area is 192 Å². The molecule has 1 saturated heterocycles. The summed E-state index contributed by atoms with van der Waals surface area (Å²) in [5, 5.41) is 2.74. The Hall–Kier alpha value is -3.33. The molecule has 3 heterocycles. The lowest BCUT2D eigenvalue weighted by Gasteiger charge is -2.25. The van der Waals surface area contributed by atoms with Crippen molar-refractivity contribution >= 4 is 17.7 Å². The molecule has 0 unspecified atom stereocenters. The highest BCUT2D eigenvalue weighted by Crippen LogP contribution is 2.37. The predicted molar refractivity (Wildman–Crippen MR) is 120 cm³/mol. The van der Waals surface area contributed by atoms with E-state index in [1.807, 2.05) is 25.3 Å². The van der Waals surface area contributed by atoms with Gasteiger partial charge < -0.3 is 24.1 Å². The average Bonchev–Trinajstić information content (AvgIpc) is 3.21. The molecule has 9 heteroatoms. The first-order valence-electron chi connectivity index (χ1n) is 10.9. The molecular weight excluding hydrogens is 426 g/mol. The maximum absolute atomic E-state index is 13.3. The Morgan fingerprint density at radius 3 is 2.58 bits per heavy atom. The van der Waals surface area contributed by atoms with Crippen molar-refractivity contribution in [3.05, 3.63) is 46.8 Å². The SMILES string of the molecule is COC[C@@H](C)n1c(C)cc(C(=O)CN2C(=O)N[C@](C)(c3ccc4c(c3)OCCO4)C2=O)c1C. The summed E-state index contributed by atoms with van der Waals surface area (Å²) >= 11 is 0. The number of hydrogen-bond donors (Lipinski definition) is 1. The molecule has 2 aromatic rings. The Bertz CT molecular complexity index is 1120. The second kappa shape index (κ2) is 8.55. The van der Waals surface area contributed by atoms with E-state index in [9.17, 15) is 14.4 Å². The van der Waals surface area contributed by atoms with E-state index in [4.69, 9.17) is 14.2 Å². The van der Waals surface area contributed by atoms with Crippen molar-refractivity contribution in [2.75, 3.05) is 33.5 Å². The highest BCUT2D eigenvalue weighted by Gasteiger charge is 2.50.